The van der Waals surface area contributed by atoms with E-state index in [0.717, 1.165) is 12.0 Å². The standard InChI is InChI=1S/C14H30N2/c1-11(2)14-10-15(12(3)4)8-7-9-16(14)13(5)6/h11-14H,7-10H2,1-6H3/t14-/m0/s1. The third-order valence-corrected chi connectivity index (χ3v) is 3.87. The Balaban J connectivity index is 2.75. The number of hydrogen-bond donors (Lipinski definition) is 0. The molecule has 1 atom stereocenters. The molecule has 0 saturated carbocycles. The third-order valence-electron chi connectivity index (χ3n) is 3.87. The first-order valence-electron chi connectivity index (χ1n) is 6.93. The van der Waals surface area contributed by atoms with Gasteiger partial charge in [-0.05, 0) is 53.1 Å². The summed E-state index contributed by atoms with van der Waals surface area (Å²) in [5, 5.41) is 0. The van der Waals surface area contributed by atoms with Crippen LogP contribution >= 0.6 is 0 Å². The van der Waals surface area contributed by atoms with Crippen LogP contribution in [0.15, 0.2) is 0 Å². The van der Waals surface area contributed by atoms with Gasteiger partial charge in [-0.1, -0.05) is 13.8 Å². The van der Waals surface area contributed by atoms with Gasteiger partial charge in [-0.25, -0.2) is 0 Å². The van der Waals surface area contributed by atoms with Crippen molar-refractivity contribution in [1.29, 1.82) is 0 Å². The largest absolute Gasteiger partial charge is 0.299 e. The molecule has 0 aliphatic carbocycles. The predicted octanol–water partition coefficient (Wildman–Crippen LogP) is 2.84. The average Bonchev–Trinajstić information content (AvgIpc) is 2.38. The molecule has 0 N–H and O–H groups in total. The Hall–Kier alpha value is -0.0800. The topological polar surface area (TPSA) is 6.48 Å². The molecular formula is C14H30N2. The van der Waals surface area contributed by atoms with Crippen molar-refractivity contribution in [3.05, 3.63) is 0 Å². The van der Waals surface area contributed by atoms with Crippen molar-refractivity contribution >= 4 is 0 Å². The van der Waals surface area contributed by atoms with Crippen LogP contribution in [0.5, 0.6) is 0 Å². The smallest absolute Gasteiger partial charge is 0.0248 e. The van der Waals surface area contributed by atoms with Gasteiger partial charge in [0, 0.05) is 24.7 Å². The van der Waals surface area contributed by atoms with Gasteiger partial charge in [0.25, 0.3) is 0 Å². The number of rotatable bonds is 3. The van der Waals surface area contributed by atoms with E-state index in [1.807, 2.05) is 0 Å². The summed E-state index contributed by atoms with van der Waals surface area (Å²) in [6.07, 6.45) is 1.32. The van der Waals surface area contributed by atoms with E-state index in [4.69, 9.17) is 0 Å². The first-order chi connectivity index (χ1) is 7.43. The van der Waals surface area contributed by atoms with Crippen LogP contribution in [0.4, 0.5) is 0 Å². The van der Waals surface area contributed by atoms with Gasteiger partial charge in [0.05, 0.1) is 0 Å². The zero-order chi connectivity index (χ0) is 12.3. The molecular weight excluding hydrogens is 196 g/mol. The average molecular weight is 226 g/mol. The quantitative estimate of drug-likeness (QED) is 0.730. The van der Waals surface area contributed by atoms with Gasteiger partial charge >= 0.3 is 0 Å². The van der Waals surface area contributed by atoms with Crippen LogP contribution in [-0.2, 0) is 0 Å². The van der Waals surface area contributed by atoms with Gasteiger partial charge in [0.1, 0.15) is 0 Å². The normalized spacial score (nSPS) is 25.7. The third kappa shape index (κ3) is 3.46. The molecule has 1 saturated heterocycles. The molecule has 0 aromatic carbocycles. The molecule has 0 spiro atoms. The highest BCUT2D eigenvalue weighted by Crippen LogP contribution is 2.20. The van der Waals surface area contributed by atoms with Crippen LogP contribution in [0.2, 0.25) is 0 Å². The summed E-state index contributed by atoms with van der Waals surface area (Å²) < 4.78 is 0. The molecule has 0 bridgehead atoms. The van der Waals surface area contributed by atoms with Crippen molar-refractivity contribution in [1.82, 2.24) is 9.80 Å². The first kappa shape index (κ1) is 14.0. The summed E-state index contributed by atoms with van der Waals surface area (Å²) in [4.78, 5) is 5.35. The highest BCUT2D eigenvalue weighted by atomic mass is 15.3. The van der Waals surface area contributed by atoms with Crippen LogP contribution in [0.25, 0.3) is 0 Å². The van der Waals surface area contributed by atoms with Gasteiger partial charge in [0.2, 0.25) is 0 Å². The molecule has 16 heavy (non-hydrogen) atoms. The lowest BCUT2D eigenvalue weighted by Crippen LogP contribution is -2.48. The summed E-state index contributed by atoms with van der Waals surface area (Å²) in [6.45, 7) is 17.8. The summed E-state index contributed by atoms with van der Waals surface area (Å²) >= 11 is 0. The zero-order valence-electron chi connectivity index (χ0n) is 12.0. The summed E-state index contributed by atoms with van der Waals surface area (Å²) in [7, 11) is 0. The van der Waals surface area contributed by atoms with Crippen LogP contribution in [0.3, 0.4) is 0 Å². The van der Waals surface area contributed by atoms with Crippen LogP contribution in [0, 0.1) is 5.92 Å². The SMILES string of the molecule is CC(C)[C@@H]1CN(C(C)C)CCCN1C(C)C. The van der Waals surface area contributed by atoms with Crippen LogP contribution in [0.1, 0.15) is 48.0 Å². The lowest BCUT2D eigenvalue weighted by atomic mass is 10.0. The number of nitrogens with zero attached hydrogens (tertiary/aromatic N) is 2. The van der Waals surface area contributed by atoms with Crippen LogP contribution in [-0.4, -0.2) is 47.6 Å². The second-order valence-corrected chi connectivity index (χ2v) is 6.09. The minimum atomic E-state index is 0.680. The van der Waals surface area contributed by atoms with Gasteiger partial charge in [-0.2, -0.15) is 0 Å². The fourth-order valence-corrected chi connectivity index (χ4v) is 2.76. The fourth-order valence-electron chi connectivity index (χ4n) is 2.76. The highest BCUT2D eigenvalue weighted by molar-refractivity contribution is 4.85. The van der Waals surface area contributed by atoms with Crippen molar-refractivity contribution < 1.29 is 0 Å². The zero-order valence-corrected chi connectivity index (χ0v) is 12.0. The Kier molecular flexibility index (Phi) is 5.26. The molecule has 1 aliphatic heterocycles. The molecule has 1 rings (SSSR count). The number of hydrogen-bond acceptors (Lipinski definition) is 2. The van der Waals surface area contributed by atoms with Gasteiger partial charge in [-0.3, -0.25) is 9.80 Å². The lowest BCUT2D eigenvalue weighted by molar-refractivity contribution is 0.101. The molecule has 96 valence electrons. The van der Waals surface area contributed by atoms with Crippen molar-refractivity contribution in [3.63, 3.8) is 0 Å². The van der Waals surface area contributed by atoms with E-state index in [2.05, 4.69) is 51.3 Å². The van der Waals surface area contributed by atoms with E-state index in [1.165, 1.54) is 26.1 Å². The summed E-state index contributed by atoms with van der Waals surface area (Å²) in [6, 6.07) is 2.10. The van der Waals surface area contributed by atoms with Gasteiger partial charge in [-0.15, -0.1) is 0 Å². The fraction of sp³-hybridized carbons (Fsp3) is 1.00. The molecule has 0 aromatic rings. The monoisotopic (exact) mass is 226 g/mol. The molecule has 0 aromatic heterocycles. The summed E-state index contributed by atoms with van der Waals surface area (Å²) in [5.74, 6) is 0.752. The Labute approximate surface area is 102 Å². The lowest BCUT2D eigenvalue weighted by Gasteiger charge is -2.38. The second-order valence-electron chi connectivity index (χ2n) is 6.09. The molecule has 1 heterocycles. The van der Waals surface area contributed by atoms with Gasteiger partial charge < -0.3 is 0 Å². The predicted molar refractivity (Wildman–Crippen MR) is 71.8 cm³/mol. The maximum atomic E-state index is 2.70. The van der Waals surface area contributed by atoms with Gasteiger partial charge in [0.15, 0.2) is 0 Å². The molecule has 0 radical (unpaired) electrons. The van der Waals surface area contributed by atoms with Crippen molar-refractivity contribution in [2.45, 2.75) is 66.1 Å². The Morgan fingerprint density at radius 2 is 1.50 bits per heavy atom. The maximum Gasteiger partial charge on any atom is 0.0248 e. The van der Waals surface area contributed by atoms with E-state index < -0.39 is 0 Å². The Morgan fingerprint density at radius 1 is 0.875 bits per heavy atom. The molecule has 0 amide bonds. The van der Waals surface area contributed by atoms with Crippen molar-refractivity contribution in [3.8, 4) is 0 Å². The van der Waals surface area contributed by atoms with E-state index in [-0.39, 0.29) is 0 Å². The Morgan fingerprint density at radius 3 is 1.94 bits per heavy atom. The molecule has 2 heteroatoms. The van der Waals surface area contributed by atoms with E-state index >= 15 is 0 Å². The van der Waals surface area contributed by atoms with Crippen molar-refractivity contribution in [2.75, 3.05) is 19.6 Å². The first-order valence-corrected chi connectivity index (χ1v) is 6.93. The minimum absolute atomic E-state index is 0.680. The molecule has 0 unspecified atom stereocenters. The second kappa shape index (κ2) is 6.02. The summed E-state index contributed by atoms with van der Waals surface area (Å²) in [5.41, 5.74) is 0. The van der Waals surface area contributed by atoms with Crippen LogP contribution < -0.4 is 0 Å². The van der Waals surface area contributed by atoms with E-state index in [9.17, 15) is 0 Å². The van der Waals surface area contributed by atoms with E-state index in [1.54, 1.807) is 0 Å². The van der Waals surface area contributed by atoms with E-state index in [0.29, 0.717) is 12.1 Å². The highest BCUT2D eigenvalue weighted by Gasteiger charge is 2.29. The van der Waals surface area contributed by atoms with Crippen molar-refractivity contribution in [2.24, 2.45) is 5.92 Å². The molecule has 1 aliphatic rings. The minimum Gasteiger partial charge on any atom is -0.299 e. The molecule has 2 nitrogen and oxygen atoms in total. The molecule has 1 fully saturated rings. The maximum absolute atomic E-state index is 2.70. The Bertz CT molecular complexity index is 199.